The number of carbonyl (C=O) groups excluding carboxylic acids is 2. The lowest BCUT2D eigenvalue weighted by Crippen LogP contribution is -2.30. The third-order valence-corrected chi connectivity index (χ3v) is 5.78. The van der Waals surface area contributed by atoms with Gasteiger partial charge in [0.2, 0.25) is 0 Å². The second kappa shape index (κ2) is 9.06. The first-order chi connectivity index (χ1) is 15.0. The second-order valence-corrected chi connectivity index (χ2v) is 7.95. The fourth-order valence-corrected chi connectivity index (χ4v) is 4.16. The van der Waals surface area contributed by atoms with E-state index >= 15 is 0 Å². The quantitative estimate of drug-likeness (QED) is 0.379. The summed E-state index contributed by atoms with van der Waals surface area (Å²) >= 11 is 1.44. The molecule has 0 aliphatic rings. The molecule has 0 fully saturated rings. The molecule has 0 atom stereocenters. The van der Waals surface area contributed by atoms with Crippen molar-refractivity contribution in [1.29, 1.82) is 0 Å². The predicted molar refractivity (Wildman–Crippen MR) is 122 cm³/mol. The minimum absolute atomic E-state index is 0.0394. The number of benzene rings is 2. The van der Waals surface area contributed by atoms with E-state index in [0.29, 0.717) is 29.4 Å². The van der Waals surface area contributed by atoms with Gasteiger partial charge in [0.15, 0.2) is 10.9 Å². The largest absolute Gasteiger partial charge is 0.494 e. The highest BCUT2D eigenvalue weighted by molar-refractivity contribution is 7.22. The third kappa shape index (κ3) is 4.62. The number of thiazole rings is 1. The minimum Gasteiger partial charge on any atom is -0.494 e. The van der Waals surface area contributed by atoms with Crippen molar-refractivity contribution in [2.75, 3.05) is 11.5 Å². The first-order valence-electron chi connectivity index (χ1n) is 9.90. The number of rotatable bonds is 7. The molecule has 0 aliphatic carbocycles. The van der Waals surface area contributed by atoms with Crippen LogP contribution in [0.5, 0.6) is 5.75 Å². The maximum absolute atomic E-state index is 13.4. The molecule has 2 aromatic heterocycles. The predicted octanol–water partition coefficient (Wildman–Crippen LogP) is 5.14. The summed E-state index contributed by atoms with van der Waals surface area (Å²) in [4.78, 5) is 35.5. The molecule has 0 aliphatic heterocycles. The first kappa shape index (κ1) is 20.7. The molecule has 2 aromatic carbocycles. The molecular formula is C24H21N3O3S. The minimum atomic E-state index is -0.192. The first-order valence-corrected chi connectivity index (χ1v) is 10.7. The molecule has 1 amide bonds. The van der Waals surface area contributed by atoms with Gasteiger partial charge in [0.1, 0.15) is 5.75 Å². The Bertz CT molecular complexity index is 1220. The van der Waals surface area contributed by atoms with Crippen LogP contribution in [-0.4, -0.2) is 28.3 Å². The highest BCUT2D eigenvalue weighted by Crippen LogP contribution is 2.33. The van der Waals surface area contributed by atoms with Gasteiger partial charge in [-0.3, -0.25) is 19.5 Å². The van der Waals surface area contributed by atoms with Crippen LogP contribution in [0.15, 0.2) is 67.0 Å². The number of aromatic nitrogens is 2. The number of carbonyl (C=O) groups is 2. The van der Waals surface area contributed by atoms with Crippen LogP contribution in [0.25, 0.3) is 10.2 Å². The fourth-order valence-electron chi connectivity index (χ4n) is 3.17. The van der Waals surface area contributed by atoms with Gasteiger partial charge in [0, 0.05) is 23.5 Å². The van der Waals surface area contributed by atoms with Gasteiger partial charge in [-0.1, -0.05) is 29.5 Å². The van der Waals surface area contributed by atoms with Gasteiger partial charge in [-0.25, -0.2) is 4.98 Å². The topological polar surface area (TPSA) is 72.4 Å². The molecular weight excluding hydrogens is 410 g/mol. The Hall–Kier alpha value is -3.58. The Balaban J connectivity index is 1.72. The second-order valence-electron chi connectivity index (χ2n) is 6.95. The highest BCUT2D eigenvalue weighted by Gasteiger charge is 2.22. The highest BCUT2D eigenvalue weighted by atomic mass is 32.1. The lowest BCUT2D eigenvalue weighted by Gasteiger charge is -2.20. The summed E-state index contributed by atoms with van der Waals surface area (Å²) in [6.07, 6.45) is 3.43. The molecule has 0 unspecified atom stereocenters. The molecule has 0 bridgehead atoms. The molecule has 7 heteroatoms. The number of ether oxygens (including phenoxy) is 1. The van der Waals surface area contributed by atoms with E-state index in [1.807, 2.05) is 37.3 Å². The lowest BCUT2D eigenvalue weighted by atomic mass is 10.1. The van der Waals surface area contributed by atoms with Crippen molar-refractivity contribution in [3.63, 3.8) is 0 Å². The van der Waals surface area contributed by atoms with Crippen LogP contribution in [0, 0.1) is 0 Å². The van der Waals surface area contributed by atoms with E-state index in [4.69, 9.17) is 9.72 Å². The number of Topliss-reactive ketones (excluding diaryl/α,β-unsaturated/α-hetero) is 1. The zero-order chi connectivity index (χ0) is 21.8. The Morgan fingerprint density at radius 2 is 1.84 bits per heavy atom. The summed E-state index contributed by atoms with van der Waals surface area (Å²) in [5.74, 6) is 0.542. The molecule has 31 heavy (non-hydrogen) atoms. The average molecular weight is 432 g/mol. The van der Waals surface area contributed by atoms with Crippen LogP contribution < -0.4 is 9.64 Å². The average Bonchev–Trinajstić information content (AvgIpc) is 3.21. The van der Waals surface area contributed by atoms with Crippen LogP contribution in [0.3, 0.4) is 0 Å². The molecule has 4 rings (SSSR count). The molecule has 0 radical (unpaired) electrons. The van der Waals surface area contributed by atoms with Gasteiger partial charge in [0.25, 0.3) is 5.91 Å². The van der Waals surface area contributed by atoms with E-state index < -0.39 is 0 Å². The Kier molecular flexibility index (Phi) is 6.04. The zero-order valence-corrected chi connectivity index (χ0v) is 18.1. The van der Waals surface area contributed by atoms with Crippen molar-refractivity contribution in [1.82, 2.24) is 9.97 Å². The number of fused-ring (bicyclic) bond motifs is 1. The lowest BCUT2D eigenvalue weighted by molar-refractivity contribution is 0.0981. The molecule has 156 valence electrons. The zero-order valence-electron chi connectivity index (χ0n) is 17.2. The molecule has 4 aromatic rings. The Labute approximate surface area is 184 Å². The van der Waals surface area contributed by atoms with Crippen LogP contribution in [0.4, 0.5) is 5.13 Å². The summed E-state index contributed by atoms with van der Waals surface area (Å²) in [7, 11) is 0. The summed E-state index contributed by atoms with van der Waals surface area (Å²) in [6.45, 7) is 4.36. The number of hydrogen-bond acceptors (Lipinski definition) is 6. The van der Waals surface area contributed by atoms with Crippen molar-refractivity contribution in [3.05, 3.63) is 83.7 Å². The van der Waals surface area contributed by atoms with Crippen molar-refractivity contribution in [2.24, 2.45) is 0 Å². The molecule has 6 nitrogen and oxygen atoms in total. The van der Waals surface area contributed by atoms with Gasteiger partial charge in [-0.05, 0) is 55.8 Å². The van der Waals surface area contributed by atoms with Crippen LogP contribution in [0.2, 0.25) is 0 Å². The maximum Gasteiger partial charge on any atom is 0.260 e. The monoisotopic (exact) mass is 431 g/mol. The van der Waals surface area contributed by atoms with E-state index in [0.717, 1.165) is 21.5 Å². The number of anilines is 1. The van der Waals surface area contributed by atoms with E-state index in [2.05, 4.69) is 4.98 Å². The van der Waals surface area contributed by atoms with E-state index in [-0.39, 0.29) is 11.7 Å². The van der Waals surface area contributed by atoms with Gasteiger partial charge in [-0.2, -0.15) is 0 Å². The molecule has 0 N–H and O–H groups in total. The van der Waals surface area contributed by atoms with Gasteiger partial charge >= 0.3 is 0 Å². The van der Waals surface area contributed by atoms with E-state index in [1.54, 1.807) is 41.6 Å². The van der Waals surface area contributed by atoms with Crippen molar-refractivity contribution < 1.29 is 14.3 Å². The molecule has 0 saturated carbocycles. The molecule has 2 heterocycles. The number of hydrogen-bond donors (Lipinski definition) is 0. The van der Waals surface area contributed by atoms with Crippen molar-refractivity contribution in [2.45, 2.75) is 20.4 Å². The number of ketones is 1. The SMILES string of the molecule is CCOc1ccc2nc(N(Cc3cccnc3)C(=O)c3ccc(C(C)=O)cc3)sc2c1. The third-order valence-electron chi connectivity index (χ3n) is 4.74. The smallest absolute Gasteiger partial charge is 0.260 e. The fraction of sp³-hybridized carbons (Fsp3) is 0.167. The van der Waals surface area contributed by atoms with Crippen molar-refractivity contribution in [3.8, 4) is 5.75 Å². The van der Waals surface area contributed by atoms with Crippen LogP contribution >= 0.6 is 11.3 Å². The van der Waals surface area contributed by atoms with Gasteiger partial charge < -0.3 is 4.74 Å². The van der Waals surface area contributed by atoms with Gasteiger partial charge in [0.05, 0.1) is 23.4 Å². The van der Waals surface area contributed by atoms with E-state index in [9.17, 15) is 9.59 Å². The molecule has 0 spiro atoms. The Morgan fingerprint density at radius 1 is 1.06 bits per heavy atom. The summed E-state index contributed by atoms with van der Waals surface area (Å²) in [5.41, 5.74) is 2.76. The normalized spacial score (nSPS) is 10.8. The standard InChI is InChI=1S/C24H21N3O3S/c1-3-30-20-10-11-21-22(13-20)31-24(26-21)27(15-17-5-4-12-25-14-17)23(29)19-8-6-18(7-9-19)16(2)28/h4-14H,3,15H2,1-2H3. The summed E-state index contributed by atoms with van der Waals surface area (Å²) in [6, 6.07) is 16.2. The molecule has 0 saturated heterocycles. The van der Waals surface area contributed by atoms with E-state index in [1.165, 1.54) is 18.3 Å². The summed E-state index contributed by atoms with van der Waals surface area (Å²) in [5, 5.41) is 0.591. The number of amides is 1. The van der Waals surface area contributed by atoms with Crippen LogP contribution in [0.1, 0.15) is 40.1 Å². The Morgan fingerprint density at radius 3 is 2.52 bits per heavy atom. The number of pyridine rings is 1. The van der Waals surface area contributed by atoms with Crippen LogP contribution in [-0.2, 0) is 6.54 Å². The maximum atomic E-state index is 13.4. The van der Waals surface area contributed by atoms with Gasteiger partial charge in [-0.15, -0.1) is 0 Å². The summed E-state index contributed by atoms with van der Waals surface area (Å²) < 4.78 is 6.53. The van der Waals surface area contributed by atoms with Crippen molar-refractivity contribution >= 4 is 38.4 Å². The number of nitrogens with zero attached hydrogens (tertiary/aromatic N) is 3.